The third-order valence-corrected chi connectivity index (χ3v) is 9.08. The molecule has 9 nitrogen and oxygen atoms in total. The molecule has 3 N–H and O–H groups in total. The molecule has 1 aromatic carbocycles. The van der Waals surface area contributed by atoms with Crippen LogP contribution in [0.15, 0.2) is 42.9 Å². The number of piperidine rings is 1. The molecule has 13 heteroatoms. The number of aromatic hydroxyl groups is 1. The second kappa shape index (κ2) is 12.0. The van der Waals surface area contributed by atoms with Gasteiger partial charge in [0, 0.05) is 66.4 Å². The summed E-state index contributed by atoms with van der Waals surface area (Å²) < 4.78 is 46.4. The van der Waals surface area contributed by atoms with Crippen molar-refractivity contribution < 1.29 is 23.0 Å². The number of nitriles is 1. The Kier molecular flexibility index (Phi) is 8.17. The van der Waals surface area contributed by atoms with Gasteiger partial charge < -0.3 is 25.0 Å². The molecule has 0 spiro atoms. The predicted molar refractivity (Wildman–Crippen MR) is 159 cm³/mol. The van der Waals surface area contributed by atoms with Gasteiger partial charge in [0.05, 0.1) is 30.0 Å². The molecule has 5 heterocycles. The molecule has 3 aromatic heterocycles. The van der Waals surface area contributed by atoms with E-state index in [4.69, 9.17) is 4.74 Å². The minimum Gasteiger partial charge on any atom is -0.508 e. The second-order valence-corrected chi connectivity index (χ2v) is 12.3. The second-order valence-electron chi connectivity index (χ2n) is 11.2. The number of rotatable bonds is 8. The quantitative estimate of drug-likeness (QED) is 0.246. The zero-order valence-corrected chi connectivity index (χ0v) is 24.3. The Bertz CT molecular complexity index is 1670. The monoisotopic (exact) mass is 611 g/mol. The fraction of sp³-hybridized carbons (Fsp3) is 0.433. The first-order valence-corrected chi connectivity index (χ1v) is 15.0. The van der Waals surface area contributed by atoms with E-state index in [1.807, 2.05) is 16.7 Å². The third-order valence-electron chi connectivity index (χ3n) is 8.04. The summed E-state index contributed by atoms with van der Waals surface area (Å²) in [6.07, 6.45) is -1.48. The number of benzene rings is 1. The molecule has 0 radical (unpaired) electrons. The molecule has 226 valence electrons. The van der Waals surface area contributed by atoms with Gasteiger partial charge in [-0.05, 0) is 37.5 Å². The van der Waals surface area contributed by atoms with Crippen molar-refractivity contribution in [2.24, 2.45) is 0 Å². The highest BCUT2D eigenvalue weighted by Gasteiger charge is 2.29. The summed E-state index contributed by atoms with van der Waals surface area (Å²) >= 11 is 1.04. The Morgan fingerprint density at radius 3 is 2.74 bits per heavy atom. The lowest BCUT2D eigenvalue weighted by molar-refractivity contribution is -0.126. The summed E-state index contributed by atoms with van der Waals surface area (Å²) in [5.74, 6) is 0.754. The van der Waals surface area contributed by atoms with E-state index in [0.717, 1.165) is 65.9 Å². The van der Waals surface area contributed by atoms with Crippen LogP contribution in [0.2, 0.25) is 0 Å². The molecule has 0 aliphatic carbocycles. The summed E-state index contributed by atoms with van der Waals surface area (Å²) in [7, 11) is 0. The molecule has 0 bridgehead atoms. The van der Waals surface area contributed by atoms with Crippen LogP contribution in [0.5, 0.6) is 5.75 Å². The molecule has 0 amide bonds. The van der Waals surface area contributed by atoms with Gasteiger partial charge in [0.1, 0.15) is 34.5 Å². The fourth-order valence-electron chi connectivity index (χ4n) is 5.83. The molecular weight excluding hydrogens is 579 g/mol. The lowest BCUT2D eigenvalue weighted by Gasteiger charge is -2.32. The van der Waals surface area contributed by atoms with Crippen LogP contribution in [-0.2, 0) is 24.2 Å². The van der Waals surface area contributed by atoms with Gasteiger partial charge >= 0.3 is 6.18 Å². The van der Waals surface area contributed by atoms with Crippen LogP contribution in [0.1, 0.15) is 35.4 Å². The lowest BCUT2D eigenvalue weighted by Crippen LogP contribution is -2.38. The number of nitrogens with one attached hydrogen (secondary N) is 2. The Morgan fingerprint density at radius 2 is 2.02 bits per heavy atom. The molecule has 2 fully saturated rings. The van der Waals surface area contributed by atoms with Crippen molar-refractivity contribution in [3.8, 4) is 11.8 Å². The summed E-state index contributed by atoms with van der Waals surface area (Å²) in [6.45, 7) is 7.75. The first kappa shape index (κ1) is 29.2. The molecule has 2 aliphatic heterocycles. The number of hydrogen-bond donors (Lipinski definition) is 3. The first-order chi connectivity index (χ1) is 20.6. The molecular formula is C30H32F3N7O2S. The van der Waals surface area contributed by atoms with Crippen LogP contribution in [-0.4, -0.2) is 69.1 Å². The van der Waals surface area contributed by atoms with E-state index in [1.165, 1.54) is 12.4 Å². The molecule has 2 saturated heterocycles. The molecule has 2 aliphatic rings. The summed E-state index contributed by atoms with van der Waals surface area (Å²) in [6, 6.07) is 9.50. The van der Waals surface area contributed by atoms with Crippen molar-refractivity contribution >= 4 is 38.3 Å². The van der Waals surface area contributed by atoms with Gasteiger partial charge in [-0.25, -0.2) is 9.97 Å². The van der Waals surface area contributed by atoms with Crippen LogP contribution in [0.3, 0.4) is 0 Å². The Hall–Kier alpha value is -3.86. The number of phenolic OH excluding ortho intramolecular Hbond substituents is 1. The maximum Gasteiger partial charge on any atom is 0.393 e. The average Bonchev–Trinajstić information content (AvgIpc) is 3.53. The highest BCUT2D eigenvalue weighted by atomic mass is 32.1. The van der Waals surface area contributed by atoms with Crippen LogP contribution in [0, 0.1) is 11.3 Å². The Morgan fingerprint density at radius 1 is 1.21 bits per heavy atom. The van der Waals surface area contributed by atoms with Gasteiger partial charge in [0.2, 0.25) is 0 Å². The van der Waals surface area contributed by atoms with Crippen LogP contribution in [0.4, 0.5) is 19.0 Å². The number of ether oxygens (including phenoxy) is 1. The minimum absolute atomic E-state index is 0.0252. The van der Waals surface area contributed by atoms with E-state index < -0.39 is 12.6 Å². The van der Waals surface area contributed by atoms with Crippen LogP contribution >= 0.6 is 11.3 Å². The molecule has 0 unspecified atom stereocenters. The van der Waals surface area contributed by atoms with Gasteiger partial charge in [-0.2, -0.15) is 18.4 Å². The number of halogens is 3. The van der Waals surface area contributed by atoms with E-state index in [2.05, 4.69) is 38.1 Å². The van der Waals surface area contributed by atoms with Crippen molar-refractivity contribution in [1.29, 1.82) is 5.26 Å². The fourth-order valence-corrected chi connectivity index (χ4v) is 6.85. The summed E-state index contributed by atoms with van der Waals surface area (Å²) in [4.78, 5) is 11.5. The summed E-state index contributed by atoms with van der Waals surface area (Å²) in [5, 5.41) is 28.9. The number of nitrogens with zero attached hydrogens (tertiary/aromatic N) is 5. The van der Waals surface area contributed by atoms with E-state index in [-0.39, 0.29) is 22.8 Å². The highest BCUT2D eigenvalue weighted by molar-refractivity contribution is 7.18. The number of aromatic nitrogens is 3. The standard InChI is InChI=1S/C30H32F3N7O2S/c1-18-16-42-23(14-35-18)4-7-40-22(13-34)9-19-8-20(27(41)11-26(19)40)15-39-5-2-21(3-6-39)38-28-25-10-24(12-30(31,32)33)43-29(25)37-17-36-28/h8-11,17,21,23,35,41H,1-7,12,14-16H2,(H,36,37,38)/t23-/m1/s1. The van der Waals surface area contributed by atoms with Crippen LogP contribution < -0.4 is 10.6 Å². The average molecular weight is 612 g/mol. The van der Waals surface area contributed by atoms with E-state index in [0.29, 0.717) is 48.0 Å². The highest BCUT2D eigenvalue weighted by Crippen LogP contribution is 2.34. The molecule has 0 saturated carbocycles. The zero-order valence-electron chi connectivity index (χ0n) is 23.5. The van der Waals surface area contributed by atoms with Crippen LogP contribution in [0.25, 0.3) is 21.1 Å². The molecule has 1 atom stereocenters. The number of likely N-dealkylation sites (tertiary alicyclic amines) is 1. The maximum absolute atomic E-state index is 12.9. The molecule has 43 heavy (non-hydrogen) atoms. The van der Waals surface area contributed by atoms with Crippen molar-refractivity contribution in [2.45, 2.75) is 57.1 Å². The number of fused-ring (bicyclic) bond motifs is 2. The minimum atomic E-state index is -4.27. The number of thiophene rings is 1. The summed E-state index contributed by atoms with van der Waals surface area (Å²) in [5.41, 5.74) is 3.02. The molecule has 4 aromatic rings. The number of phenols is 1. The largest absolute Gasteiger partial charge is 0.508 e. The van der Waals surface area contributed by atoms with E-state index >= 15 is 0 Å². The maximum atomic E-state index is 12.9. The van der Waals surface area contributed by atoms with Gasteiger partial charge in [-0.3, -0.25) is 4.90 Å². The van der Waals surface area contributed by atoms with Gasteiger partial charge in [0.15, 0.2) is 0 Å². The smallest absolute Gasteiger partial charge is 0.393 e. The van der Waals surface area contributed by atoms with Crippen molar-refractivity contribution in [3.05, 3.63) is 59.0 Å². The third kappa shape index (κ3) is 6.71. The predicted octanol–water partition coefficient (Wildman–Crippen LogP) is 5.30. The zero-order chi connectivity index (χ0) is 30.1. The molecule has 6 rings (SSSR count). The first-order valence-electron chi connectivity index (χ1n) is 14.2. The topological polar surface area (TPSA) is 111 Å². The van der Waals surface area contributed by atoms with E-state index in [1.54, 1.807) is 6.07 Å². The number of hydrogen-bond acceptors (Lipinski definition) is 9. The van der Waals surface area contributed by atoms with Gasteiger partial charge in [-0.1, -0.05) is 6.58 Å². The van der Waals surface area contributed by atoms with Gasteiger partial charge in [0.25, 0.3) is 0 Å². The number of anilines is 1. The van der Waals surface area contributed by atoms with Crippen molar-refractivity contribution in [1.82, 2.24) is 24.8 Å². The number of alkyl halides is 3. The Labute approximate surface area is 250 Å². The Balaban J connectivity index is 1.08. The van der Waals surface area contributed by atoms with E-state index in [9.17, 15) is 23.5 Å². The SMILES string of the molecule is C=C1CO[C@H](CCn2c(C#N)cc3cc(CN4CCC(Nc5ncnc6sc(CC(F)(F)F)cc56)CC4)c(O)cc32)CN1. The number of aryl methyl sites for hydroxylation is 1. The number of morpholine rings is 1. The lowest BCUT2D eigenvalue weighted by atomic mass is 10.0. The normalized spacial score (nSPS) is 18.7. The van der Waals surface area contributed by atoms with Crippen molar-refractivity contribution in [2.75, 3.05) is 31.6 Å². The van der Waals surface area contributed by atoms with Crippen molar-refractivity contribution in [3.63, 3.8) is 0 Å². The van der Waals surface area contributed by atoms with Gasteiger partial charge in [-0.15, -0.1) is 11.3 Å².